The van der Waals surface area contributed by atoms with Crippen molar-refractivity contribution >= 4 is 22.6 Å². The normalized spacial score (nSPS) is 12.9. The average Bonchev–Trinajstić information content (AvgIpc) is 2.74. The molecule has 3 aromatic carbocycles. The Morgan fingerprint density at radius 3 is 2.12 bits per heavy atom. The molecule has 0 radical (unpaired) electrons. The summed E-state index contributed by atoms with van der Waals surface area (Å²) in [6.45, 7) is 4.12. The van der Waals surface area contributed by atoms with Gasteiger partial charge in [-0.25, -0.2) is 9.18 Å². The first-order valence-corrected chi connectivity index (χ1v) is 9.92. The van der Waals surface area contributed by atoms with Crippen LogP contribution in [0.5, 0.6) is 5.75 Å². The van der Waals surface area contributed by atoms with Crippen LogP contribution in [-0.2, 0) is 11.0 Å². The van der Waals surface area contributed by atoms with Crippen molar-refractivity contribution in [3.8, 4) is 5.75 Å². The number of benzene rings is 3. The molecule has 9 heteroatoms. The van der Waals surface area contributed by atoms with Gasteiger partial charge >= 0.3 is 12.1 Å². The van der Waals surface area contributed by atoms with Crippen molar-refractivity contribution < 1.29 is 37.0 Å². The van der Waals surface area contributed by atoms with Crippen LogP contribution < -0.4 is 10.1 Å². The molecule has 2 N–H and O–H groups in total. The smallest absolute Gasteiger partial charge is 0.416 e. The molecule has 0 aliphatic carbocycles. The van der Waals surface area contributed by atoms with Gasteiger partial charge in [0, 0.05) is 10.8 Å². The van der Waals surface area contributed by atoms with Gasteiger partial charge in [0.05, 0.1) is 11.1 Å². The van der Waals surface area contributed by atoms with Crippen LogP contribution in [-0.4, -0.2) is 22.5 Å². The topological polar surface area (TPSA) is 75.6 Å². The molecule has 3 rings (SSSR count). The minimum absolute atomic E-state index is 0.0157. The Morgan fingerprint density at radius 1 is 1.00 bits per heavy atom. The van der Waals surface area contributed by atoms with E-state index in [1.165, 1.54) is 38.1 Å². The molecular formula is C24H21F4NO4. The summed E-state index contributed by atoms with van der Waals surface area (Å²) in [6.07, 6.45) is -5.29. The number of hydrogen-bond acceptors (Lipinski definition) is 3. The summed E-state index contributed by atoms with van der Waals surface area (Å²) >= 11 is 0. The van der Waals surface area contributed by atoms with E-state index in [1.54, 1.807) is 19.1 Å². The molecular weight excluding hydrogens is 442 g/mol. The second kappa shape index (κ2) is 8.73. The van der Waals surface area contributed by atoms with Gasteiger partial charge in [-0.3, -0.25) is 4.79 Å². The SMILES string of the molecule is CC(Oc1c(C(=O)NC(C)(C)C(=O)O)cc(F)c2ccccc12)c1ccc(C(F)(F)F)cc1. The number of hydrogen-bond donors (Lipinski definition) is 2. The zero-order valence-electron chi connectivity index (χ0n) is 18.0. The van der Waals surface area contributed by atoms with E-state index >= 15 is 0 Å². The van der Waals surface area contributed by atoms with Gasteiger partial charge in [-0.2, -0.15) is 13.2 Å². The molecule has 0 saturated carbocycles. The second-order valence-corrected chi connectivity index (χ2v) is 8.04. The molecule has 1 unspecified atom stereocenters. The van der Waals surface area contributed by atoms with Crippen LogP contribution in [0.15, 0.2) is 54.6 Å². The maximum atomic E-state index is 14.7. The maximum Gasteiger partial charge on any atom is 0.416 e. The first-order chi connectivity index (χ1) is 15.3. The van der Waals surface area contributed by atoms with Gasteiger partial charge in [-0.15, -0.1) is 0 Å². The summed E-state index contributed by atoms with van der Waals surface area (Å²) in [5.41, 5.74) is -2.30. The number of carboxylic acid groups (broad SMARTS) is 1. The summed E-state index contributed by atoms with van der Waals surface area (Å²) < 4.78 is 59.3. The van der Waals surface area contributed by atoms with Crippen molar-refractivity contribution in [3.63, 3.8) is 0 Å². The number of aliphatic carboxylic acids is 1. The summed E-state index contributed by atoms with van der Waals surface area (Å²) in [6, 6.07) is 11.5. The number of carbonyl (C=O) groups excluding carboxylic acids is 1. The Balaban J connectivity index is 2.05. The summed E-state index contributed by atoms with van der Waals surface area (Å²) in [5.74, 6) is -2.89. The average molecular weight is 463 g/mol. The fourth-order valence-electron chi connectivity index (χ4n) is 3.19. The highest BCUT2D eigenvalue weighted by atomic mass is 19.4. The zero-order valence-corrected chi connectivity index (χ0v) is 18.0. The molecule has 0 fully saturated rings. The number of ether oxygens (including phenoxy) is 1. The van der Waals surface area contributed by atoms with Gasteiger partial charge < -0.3 is 15.2 Å². The Kier molecular flexibility index (Phi) is 6.35. The zero-order chi connectivity index (χ0) is 24.6. The van der Waals surface area contributed by atoms with Crippen LogP contribution in [0.1, 0.15) is 48.4 Å². The van der Waals surface area contributed by atoms with Crippen LogP contribution in [0.25, 0.3) is 10.8 Å². The quantitative estimate of drug-likeness (QED) is 0.458. The summed E-state index contributed by atoms with van der Waals surface area (Å²) in [4.78, 5) is 24.3. The molecule has 3 aromatic rings. The van der Waals surface area contributed by atoms with Gasteiger partial charge in [-0.05, 0) is 44.5 Å². The maximum absolute atomic E-state index is 14.7. The minimum Gasteiger partial charge on any atom is -0.485 e. The standard InChI is InChI=1S/C24H21F4NO4/c1-13(14-8-10-15(11-9-14)24(26,27)28)33-20-17-7-5-4-6-16(17)19(25)12-18(20)21(30)29-23(2,3)22(31)32/h4-13H,1-3H3,(H,29,30)(H,31,32). The van der Waals surface area contributed by atoms with Crippen molar-refractivity contribution in [3.05, 3.63) is 77.1 Å². The summed E-state index contributed by atoms with van der Waals surface area (Å²) in [5, 5.41) is 12.1. The van der Waals surface area contributed by atoms with Crippen LogP contribution in [0, 0.1) is 5.82 Å². The lowest BCUT2D eigenvalue weighted by Crippen LogP contribution is -2.49. The van der Waals surface area contributed by atoms with E-state index in [1.807, 2.05) is 0 Å². The van der Waals surface area contributed by atoms with Crippen molar-refractivity contribution in [2.75, 3.05) is 0 Å². The molecule has 0 saturated heterocycles. The molecule has 174 valence electrons. The van der Waals surface area contributed by atoms with Crippen LogP contribution >= 0.6 is 0 Å². The van der Waals surface area contributed by atoms with Gasteiger partial charge in [0.2, 0.25) is 0 Å². The van der Waals surface area contributed by atoms with Gasteiger partial charge in [-0.1, -0.05) is 36.4 Å². The Bertz CT molecular complexity index is 1200. The molecule has 0 spiro atoms. The number of rotatable bonds is 6. The first-order valence-electron chi connectivity index (χ1n) is 9.92. The number of amides is 1. The highest BCUT2D eigenvalue weighted by molar-refractivity contribution is 6.05. The number of fused-ring (bicyclic) bond motifs is 1. The molecule has 1 atom stereocenters. The third-order valence-electron chi connectivity index (χ3n) is 5.15. The largest absolute Gasteiger partial charge is 0.485 e. The highest BCUT2D eigenvalue weighted by Crippen LogP contribution is 2.36. The molecule has 33 heavy (non-hydrogen) atoms. The van der Waals surface area contributed by atoms with Crippen molar-refractivity contribution in [1.29, 1.82) is 0 Å². The van der Waals surface area contributed by atoms with Crippen molar-refractivity contribution in [2.45, 2.75) is 38.6 Å². The number of carboxylic acids is 1. The summed E-state index contributed by atoms with van der Waals surface area (Å²) in [7, 11) is 0. The van der Waals surface area contributed by atoms with Crippen molar-refractivity contribution in [2.24, 2.45) is 0 Å². The third-order valence-corrected chi connectivity index (χ3v) is 5.15. The van der Waals surface area contributed by atoms with Gasteiger partial charge in [0.15, 0.2) is 0 Å². The molecule has 0 bridgehead atoms. The fourth-order valence-corrected chi connectivity index (χ4v) is 3.19. The van der Waals surface area contributed by atoms with Crippen LogP contribution in [0.2, 0.25) is 0 Å². The van der Waals surface area contributed by atoms with E-state index in [9.17, 15) is 32.3 Å². The van der Waals surface area contributed by atoms with Gasteiger partial charge in [0.1, 0.15) is 23.2 Å². The lowest BCUT2D eigenvalue weighted by atomic mass is 10.0. The molecule has 5 nitrogen and oxygen atoms in total. The van der Waals surface area contributed by atoms with Gasteiger partial charge in [0.25, 0.3) is 5.91 Å². The third kappa shape index (κ3) is 5.08. The van der Waals surface area contributed by atoms with E-state index in [2.05, 4.69) is 5.32 Å². The molecule has 0 aliphatic heterocycles. The predicted molar refractivity (Wildman–Crippen MR) is 114 cm³/mol. The number of carbonyl (C=O) groups is 2. The fraction of sp³-hybridized carbons (Fsp3) is 0.250. The van der Waals surface area contributed by atoms with E-state index in [4.69, 9.17) is 4.74 Å². The Hall–Kier alpha value is -3.62. The Labute approximate surface area is 187 Å². The number of alkyl halides is 3. The monoisotopic (exact) mass is 463 g/mol. The van der Waals surface area contributed by atoms with Crippen LogP contribution in [0.4, 0.5) is 17.6 Å². The highest BCUT2D eigenvalue weighted by Gasteiger charge is 2.32. The predicted octanol–water partition coefficient (Wildman–Crippen LogP) is 5.73. The minimum atomic E-state index is -4.49. The second-order valence-electron chi connectivity index (χ2n) is 8.04. The number of halogens is 4. The van der Waals surface area contributed by atoms with E-state index in [0.717, 1.165) is 18.2 Å². The molecule has 1 amide bonds. The van der Waals surface area contributed by atoms with E-state index in [0.29, 0.717) is 5.56 Å². The number of nitrogens with one attached hydrogen (secondary N) is 1. The molecule has 0 aliphatic rings. The molecule has 0 aromatic heterocycles. The van der Waals surface area contributed by atoms with Crippen LogP contribution in [0.3, 0.4) is 0 Å². The Morgan fingerprint density at radius 2 is 1.58 bits per heavy atom. The van der Waals surface area contributed by atoms with E-state index in [-0.39, 0.29) is 22.1 Å². The molecule has 0 heterocycles. The van der Waals surface area contributed by atoms with Crippen molar-refractivity contribution in [1.82, 2.24) is 5.32 Å². The lowest BCUT2D eigenvalue weighted by Gasteiger charge is -2.24. The lowest BCUT2D eigenvalue weighted by molar-refractivity contribution is -0.143. The van der Waals surface area contributed by atoms with E-state index < -0.39 is 41.1 Å². The first kappa shape index (κ1) is 24.0.